The molecule has 0 aliphatic carbocycles. The van der Waals surface area contributed by atoms with Gasteiger partial charge in [-0.1, -0.05) is 6.92 Å². The smallest absolute Gasteiger partial charge is 0.257 e. The van der Waals surface area contributed by atoms with E-state index in [0.29, 0.717) is 36.7 Å². The second-order valence-electron chi connectivity index (χ2n) is 5.72. The van der Waals surface area contributed by atoms with Gasteiger partial charge < -0.3 is 19.5 Å². The molecule has 6 nitrogen and oxygen atoms in total. The quantitative estimate of drug-likeness (QED) is 0.853. The number of aliphatic hydroxyl groups excluding tert-OH is 1. The highest BCUT2D eigenvalue weighted by atomic mass is 16.5. The molecule has 1 heterocycles. The van der Waals surface area contributed by atoms with Crippen LogP contribution in [0.4, 0.5) is 0 Å². The lowest BCUT2D eigenvalue weighted by Gasteiger charge is -2.35. The van der Waals surface area contributed by atoms with Crippen LogP contribution in [0.3, 0.4) is 0 Å². The van der Waals surface area contributed by atoms with Gasteiger partial charge >= 0.3 is 0 Å². The summed E-state index contributed by atoms with van der Waals surface area (Å²) in [5.74, 6) is 1.16. The number of amides is 1. The first kappa shape index (κ1) is 17.6. The van der Waals surface area contributed by atoms with Gasteiger partial charge in [0.25, 0.3) is 5.91 Å². The van der Waals surface area contributed by atoms with E-state index >= 15 is 0 Å². The lowest BCUT2D eigenvalue weighted by Crippen LogP contribution is -2.50. The second-order valence-corrected chi connectivity index (χ2v) is 5.72. The maximum atomic E-state index is 12.7. The van der Waals surface area contributed by atoms with Crippen LogP contribution in [-0.4, -0.2) is 73.9 Å². The summed E-state index contributed by atoms with van der Waals surface area (Å²) in [7, 11) is 3.13. The van der Waals surface area contributed by atoms with Crippen LogP contribution in [0, 0.1) is 0 Å². The Kier molecular flexibility index (Phi) is 6.24. The number of piperazine rings is 1. The average molecular weight is 322 g/mol. The fraction of sp³-hybridized carbons (Fsp3) is 0.588. The second kappa shape index (κ2) is 8.17. The molecule has 6 heteroatoms. The molecule has 1 unspecified atom stereocenters. The summed E-state index contributed by atoms with van der Waals surface area (Å²) in [5.41, 5.74) is 0.551. The number of carbonyl (C=O) groups excluding carboxylic acids is 1. The molecule has 23 heavy (non-hydrogen) atoms. The Balaban J connectivity index is 2.00. The predicted octanol–water partition coefficient (Wildman–Crippen LogP) is 1.23. The number of β-amino-alcohol motifs (C(OH)–C–C–N with tert-alkyl or cyclic N) is 1. The lowest BCUT2D eigenvalue weighted by atomic mass is 10.1. The SMILES string of the molecule is CCC(O)CN1CCN(C(=O)c2ccc(OC)cc2OC)CC1. The van der Waals surface area contributed by atoms with Crippen LogP contribution in [0.5, 0.6) is 11.5 Å². The molecule has 0 radical (unpaired) electrons. The van der Waals surface area contributed by atoms with Crippen LogP contribution in [0.15, 0.2) is 18.2 Å². The van der Waals surface area contributed by atoms with Gasteiger partial charge in [0.15, 0.2) is 0 Å². The summed E-state index contributed by atoms with van der Waals surface area (Å²) in [6.45, 7) is 5.52. The van der Waals surface area contributed by atoms with E-state index in [1.54, 1.807) is 32.4 Å². The Morgan fingerprint density at radius 2 is 1.91 bits per heavy atom. The molecule has 1 aliphatic heterocycles. The standard InChI is InChI=1S/C17H26N2O4/c1-4-13(20)12-18-7-9-19(10-8-18)17(21)15-6-5-14(22-2)11-16(15)23-3/h5-6,11,13,20H,4,7-10,12H2,1-3H3. The predicted molar refractivity (Wildman–Crippen MR) is 88.2 cm³/mol. The zero-order valence-corrected chi connectivity index (χ0v) is 14.1. The van der Waals surface area contributed by atoms with Crippen molar-refractivity contribution in [2.24, 2.45) is 0 Å². The zero-order valence-electron chi connectivity index (χ0n) is 14.1. The molecule has 0 bridgehead atoms. The van der Waals surface area contributed by atoms with Crippen molar-refractivity contribution >= 4 is 5.91 Å². The summed E-state index contributed by atoms with van der Waals surface area (Å²) in [4.78, 5) is 16.7. The number of rotatable bonds is 6. The highest BCUT2D eigenvalue weighted by molar-refractivity contribution is 5.97. The van der Waals surface area contributed by atoms with Crippen molar-refractivity contribution in [1.29, 1.82) is 0 Å². The third-order valence-corrected chi connectivity index (χ3v) is 4.24. The molecule has 1 aromatic carbocycles. The molecule has 0 saturated carbocycles. The van der Waals surface area contributed by atoms with Crippen molar-refractivity contribution in [2.75, 3.05) is 46.9 Å². The average Bonchev–Trinajstić information content (AvgIpc) is 2.61. The summed E-state index contributed by atoms with van der Waals surface area (Å²) in [6.07, 6.45) is 0.460. The van der Waals surface area contributed by atoms with Crippen LogP contribution in [-0.2, 0) is 0 Å². The minimum atomic E-state index is -0.293. The molecule has 0 spiro atoms. The Labute approximate surface area is 137 Å². The molecule has 128 valence electrons. The molecular formula is C17H26N2O4. The van der Waals surface area contributed by atoms with Crippen molar-refractivity contribution < 1.29 is 19.4 Å². The number of methoxy groups -OCH3 is 2. The lowest BCUT2D eigenvalue weighted by molar-refractivity contribution is 0.0521. The number of aliphatic hydroxyl groups is 1. The van der Waals surface area contributed by atoms with E-state index < -0.39 is 0 Å². The zero-order chi connectivity index (χ0) is 16.8. The maximum Gasteiger partial charge on any atom is 0.257 e. The molecule has 1 amide bonds. The number of hydrogen-bond acceptors (Lipinski definition) is 5. The fourth-order valence-electron chi connectivity index (χ4n) is 2.71. The first-order valence-electron chi connectivity index (χ1n) is 8.00. The van der Waals surface area contributed by atoms with Crippen LogP contribution < -0.4 is 9.47 Å². The van der Waals surface area contributed by atoms with E-state index in [2.05, 4.69) is 4.90 Å². The van der Waals surface area contributed by atoms with Crippen LogP contribution in [0.1, 0.15) is 23.7 Å². The maximum absolute atomic E-state index is 12.7. The number of nitrogens with zero attached hydrogens (tertiary/aromatic N) is 2. The molecule has 1 saturated heterocycles. The molecule has 1 atom stereocenters. The van der Waals surface area contributed by atoms with Gasteiger partial charge in [0.2, 0.25) is 0 Å². The minimum Gasteiger partial charge on any atom is -0.497 e. The van der Waals surface area contributed by atoms with E-state index in [0.717, 1.165) is 19.5 Å². The monoisotopic (exact) mass is 322 g/mol. The molecule has 2 rings (SSSR count). The van der Waals surface area contributed by atoms with Gasteiger partial charge in [-0.3, -0.25) is 9.69 Å². The van der Waals surface area contributed by atoms with Gasteiger partial charge in [0.05, 0.1) is 25.9 Å². The van der Waals surface area contributed by atoms with Gasteiger partial charge in [-0.15, -0.1) is 0 Å². The fourth-order valence-corrected chi connectivity index (χ4v) is 2.71. The minimum absolute atomic E-state index is 0.0276. The normalized spacial score (nSPS) is 17.0. The third-order valence-electron chi connectivity index (χ3n) is 4.24. The molecule has 1 aromatic rings. The summed E-state index contributed by atoms with van der Waals surface area (Å²) in [6, 6.07) is 5.23. The van der Waals surface area contributed by atoms with Crippen molar-refractivity contribution in [2.45, 2.75) is 19.4 Å². The van der Waals surface area contributed by atoms with Gasteiger partial charge in [0.1, 0.15) is 11.5 Å². The Hall–Kier alpha value is -1.79. The summed E-state index contributed by atoms with van der Waals surface area (Å²) < 4.78 is 10.5. The molecule has 1 aliphatic rings. The van der Waals surface area contributed by atoms with Crippen LogP contribution in [0.25, 0.3) is 0 Å². The number of ether oxygens (including phenoxy) is 2. The van der Waals surface area contributed by atoms with Crippen molar-refractivity contribution in [3.05, 3.63) is 23.8 Å². The summed E-state index contributed by atoms with van der Waals surface area (Å²) in [5, 5.41) is 9.73. The number of benzene rings is 1. The Morgan fingerprint density at radius 3 is 2.48 bits per heavy atom. The Morgan fingerprint density at radius 1 is 1.22 bits per heavy atom. The number of carbonyl (C=O) groups is 1. The number of hydrogen-bond donors (Lipinski definition) is 1. The topological polar surface area (TPSA) is 62.2 Å². The van der Waals surface area contributed by atoms with Crippen molar-refractivity contribution in [3.8, 4) is 11.5 Å². The third kappa shape index (κ3) is 4.36. The van der Waals surface area contributed by atoms with E-state index in [-0.39, 0.29) is 12.0 Å². The van der Waals surface area contributed by atoms with Gasteiger partial charge in [-0.25, -0.2) is 0 Å². The molecule has 1 fully saturated rings. The summed E-state index contributed by atoms with van der Waals surface area (Å²) >= 11 is 0. The highest BCUT2D eigenvalue weighted by Crippen LogP contribution is 2.26. The van der Waals surface area contributed by atoms with E-state index in [9.17, 15) is 9.90 Å². The van der Waals surface area contributed by atoms with Crippen LogP contribution >= 0.6 is 0 Å². The first-order valence-corrected chi connectivity index (χ1v) is 8.00. The van der Waals surface area contributed by atoms with Gasteiger partial charge in [-0.05, 0) is 18.6 Å². The molecule has 0 aromatic heterocycles. The largest absolute Gasteiger partial charge is 0.497 e. The van der Waals surface area contributed by atoms with Crippen molar-refractivity contribution in [3.63, 3.8) is 0 Å². The van der Waals surface area contributed by atoms with Gasteiger partial charge in [-0.2, -0.15) is 0 Å². The van der Waals surface area contributed by atoms with E-state index in [1.165, 1.54) is 0 Å². The van der Waals surface area contributed by atoms with E-state index in [4.69, 9.17) is 9.47 Å². The highest BCUT2D eigenvalue weighted by Gasteiger charge is 2.25. The Bertz CT molecular complexity index is 527. The van der Waals surface area contributed by atoms with Crippen molar-refractivity contribution in [1.82, 2.24) is 9.80 Å². The van der Waals surface area contributed by atoms with Gasteiger partial charge in [0, 0.05) is 38.8 Å². The first-order chi connectivity index (χ1) is 11.1. The van der Waals surface area contributed by atoms with E-state index in [1.807, 2.05) is 11.8 Å². The molecular weight excluding hydrogens is 296 g/mol. The molecule has 1 N–H and O–H groups in total. The van der Waals surface area contributed by atoms with Crippen LogP contribution in [0.2, 0.25) is 0 Å².